The molecule has 6 amide bonds. The van der Waals surface area contributed by atoms with Crippen molar-refractivity contribution < 1.29 is 37.9 Å². The summed E-state index contributed by atoms with van der Waals surface area (Å²) in [5.74, 6) is -3.63. The molecule has 15 nitrogen and oxygen atoms in total. The molecular weight excluding hydrogens is 777 g/mol. The quantitative estimate of drug-likeness (QED) is 0.0685. The minimum Gasteiger partial charge on any atom is -0.387 e. The first-order valence-corrected chi connectivity index (χ1v) is 19.6. The number of primary amides is 1. The van der Waals surface area contributed by atoms with Crippen molar-refractivity contribution in [3.8, 4) is 11.3 Å². The van der Waals surface area contributed by atoms with Crippen LogP contribution in [-0.2, 0) is 25.7 Å². The lowest BCUT2D eigenvalue weighted by Crippen LogP contribution is -2.54. The summed E-state index contributed by atoms with van der Waals surface area (Å²) < 4.78 is 31.2. The molecule has 4 aromatic rings. The van der Waals surface area contributed by atoms with Gasteiger partial charge in [0.15, 0.2) is 0 Å². The number of aromatic nitrogens is 2. The standard InChI is InChI=1S/C43H55F2N9O6/c1-26-13-16-30(17-14-26)50-41(59)34(12-9-20-48-42(47)60)52-39(57)27(2)49-40(58)33(46)19-21-54(36(56)25-55)37(43(3,4)5)38-51-35(31-22-29(44)15-18-32(31)45)24-53(38)23-28-10-7-6-8-11-28/h6-8,10-11,13-18,22,24,27,33-34,37,55H,9,12,19-21,23,25,46H2,1-5H3,(H,49,58)(H,50,59)(H,52,57)(H3,47,48,60)/t27-,33-,34-,37-/m0/s1. The number of rotatable bonds is 19. The number of nitrogens with one attached hydrogen (secondary N) is 4. The Kier molecular flexibility index (Phi) is 16.4. The minimum atomic E-state index is -1.24. The molecule has 3 aromatic carbocycles. The summed E-state index contributed by atoms with van der Waals surface area (Å²) in [7, 11) is 0. The van der Waals surface area contributed by atoms with Crippen molar-refractivity contribution in [2.45, 2.75) is 84.6 Å². The third-order valence-corrected chi connectivity index (χ3v) is 9.73. The highest BCUT2D eigenvalue weighted by Crippen LogP contribution is 2.39. The lowest BCUT2D eigenvalue weighted by molar-refractivity contribution is -0.140. The van der Waals surface area contributed by atoms with Crippen LogP contribution in [0.4, 0.5) is 19.3 Å². The van der Waals surface area contributed by atoms with Gasteiger partial charge in [0.25, 0.3) is 0 Å². The number of hydrogen-bond donors (Lipinski definition) is 7. The Balaban J connectivity index is 1.52. The number of nitrogens with two attached hydrogens (primary N) is 2. The molecule has 0 saturated carbocycles. The first-order chi connectivity index (χ1) is 28.4. The Morgan fingerprint density at radius 3 is 2.23 bits per heavy atom. The number of amides is 6. The number of carbonyl (C=O) groups excluding carboxylic acids is 5. The number of urea groups is 1. The van der Waals surface area contributed by atoms with Crippen molar-refractivity contribution >= 4 is 35.3 Å². The largest absolute Gasteiger partial charge is 0.387 e. The molecule has 60 heavy (non-hydrogen) atoms. The fourth-order valence-corrected chi connectivity index (χ4v) is 6.61. The second-order valence-corrected chi connectivity index (χ2v) is 15.7. The molecule has 0 aliphatic rings. The number of carbonyl (C=O) groups is 5. The van der Waals surface area contributed by atoms with E-state index in [0.717, 1.165) is 29.3 Å². The summed E-state index contributed by atoms with van der Waals surface area (Å²) in [4.78, 5) is 70.8. The van der Waals surface area contributed by atoms with E-state index in [9.17, 15) is 33.5 Å². The van der Waals surface area contributed by atoms with Crippen LogP contribution in [0.1, 0.15) is 70.0 Å². The van der Waals surface area contributed by atoms with E-state index in [2.05, 4.69) is 21.3 Å². The molecule has 4 rings (SSSR count). The van der Waals surface area contributed by atoms with Gasteiger partial charge < -0.3 is 47.3 Å². The van der Waals surface area contributed by atoms with Crippen LogP contribution in [0.25, 0.3) is 11.3 Å². The van der Waals surface area contributed by atoms with E-state index < -0.39 is 77.5 Å². The van der Waals surface area contributed by atoms with Gasteiger partial charge >= 0.3 is 6.03 Å². The number of hydrogen-bond acceptors (Lipinski definition) is 8. The molecule has 0 fully saturated rings. The minimum absolute atomic E-state index is 0.0779. The monoisotopic (exact) mass is 831 g/mol. The molecule has 1 aromatic heterocycles. The topological polar surface area (TPSA) is 227 Å². The third-order valence-electron chi connectivity index (χ3n) is 9.73. The van der Waals surface area contributed by atoms with Crippen molar-refractivity contribution in [2.75, 3.05) is 25.0 Å². The van der Waals surface area contributed by atoms with E-state index in [1.807, 2.05) is 70.2 Å². The number of benzene rings is 3. The Morgan fingerprint density at radius 1 is 0.917 bits per heavy atom. The van der Waals surface area contributed by atoms with E-state index in [1.54, 1.807) is 22.9 Å². The molecular formula is C43H55F2N9O6. The highest BCUT2D eigenvalue weighted by Gasteiger charge is 2.39. The van der Waals surface area contributed by atoms with Crippen molar-refractivity contribution in [3.63, 3.8) is 0 Å². The molecule has 0 bridgehead atoms. The van der Waals surface area contributed by atoms with Gasteiger partial charge in [-0.2, -0.15) is 0 Å². The Labute approximate surface area is 348 Å². The summed E-state index contributed by atoms with van der Waals surface area (Å²) in [5.41, 5.74) is 13.1. The molecule has 0 aliphatic heterocycles. The summed E-state index contributed by atoms with van der Waals surface area (Å²) in [6, 6.07) is 14.4. The van der Waals surface area contributed by atoms with Crippen LogP contribution in [0.2, 0.25) is 0 Å². The average Bonchev–Trinajstić information content (AvgIpc) is 3.60. The Hall–Kier alpha value is -6.20. The molecule has 322 valence electrons. The second kappa shape index (κ2) is 21.2. The van der Waals surface area contributed by atoms with Gasteiger partial charge in [-0.05, 0) is 74.4 Å². The SMILES string of the molecule is Cc1ccc(NC(=O)[C@H](CCCNC(N)=O)NC(=O)[C@H](C)NC(=O)[C@@H](N)CCN(C(=O)CO)[C@@H](c2nc(-c3cc(F)ccc3F)cn2Cc2ccccc2)C(C)(C)C)cc1. The fourth-order valence-electron chi connectivity index (χ4n) is 6.61. The number of imidazole rings is 1. The molecule has 0 radical (unpaired) electrons. The Morgan fingerprint density at radius 2 is 1.60 bits per heavy atom. The molecule has 0 spiro atoms. The first-order valence-electron chi connectivity index (χ1n) is 19.6. The van der Waals surface area contributed by atoms with E-state index in [1.165, 1.54) is 11.8 Å². The number of aliphatic hydroxyl groups excluding tert-OH is 1. The van der Waals surface area contributed by atoms with Gasteiger partial charge in [0, 0.05) is 37.1 Å². The van der Waals surface area contributed by atoms with Gasteiger partial charge in [0.2, 0.25) is 23.6 Å². The molecule has 0 unspecified atom stereocenters. The van der Waals surface area contributed by atoms with E-state index in [-0.39, 0.29) is 43.7 Å². The zero-order chi connectivity index (χ0) is 44.1. The molecule has 9 N–H and O–H groups in total. The lowest BCUT2D eigenvalue weighted by Gasteiger charge is -2.40. The third kappa shape index (κ3) is 13.2. The smallest absolute Gasteiger partial charge is 0.312 e. The number of aryl methyl sites for hydroxylation is 1. The van der Waals surface area contributed by atoms with E-state index in [4.69, 9.17) is 16.5 Å². The van der Waals surface area contributed by atoms with Crippen molar-refractivity contribution in [1.29, 1.82) is 0 Å². The van der Waals surface area contributed by atoms with Gasteiger partial charge in [-0.15, -0.1) is 0 Å². The molecule has 1 heterocycles. The molecule has 17 heteroatoms. The van der Waals surface area contributed by atoms with Crippen LogP contribution < -0.4 is 32.7 Å². The van der Waals surface area contributed by atoms with E-state index in [0.29, 0.717) is 17.9 Å². The zero-order valence-corrected chi connectivity index (χ0v) is 34.5. The van der Waals surface area contributed by atoms with Crippen LogP contribution in [0.15, 0.2) is 79.0 Å². The van der Waals surface area contributed by atoms with Crippen LogP contribution in [-0.4, -0.2) is 87.0 Å². The van der Waals surface area contributed by atoms with Gasteiger partial charge in [0.05, 0.1) is 17.8 Å². The van der Waals surface area contributed by atoms with Gasteiger partial charge in [-0.25, -0.2) is 18.6 Å². The van der Waals surface area contributed by atoms with Crippen LogP contribution >= 0.6 is 0 Å². The summed E-state index contributed by atoms with van der Waals surface area (Å²) >= 11 is 0. The maximum atomic E-state index is 15.1. The lowest BCUT2D eigenvalue weighted by atomic mass is 9.84. The van der Waals surface area contributed by atoms with Crippen molar-refractivity contribution in [2.24, 2.45) is 16.9 Å². The maximum absolute atomic E-state index is 15.1. The Bertz CT molecular complexity index is 2110. The molecule has 0 aliphatic carbocycles. The summed E-state index contributed by atoms with van der Waals surface area (Å²) in [6.07, 6.45) is 1.91. The van der Waals surface area contributed by atoms with Gasteiger partial charge in [-0.3, -0.25) is 19.2 Å². The highest BCUT2D eigenvalue weighted by molar-refractivity contribution is 5.98. The highest BCUT2D eigenvalue weighted by atomic mass is 19.1. The number of anilines is 1. The van der Waals surface area contributed by atoms with Gasteiger partial charge in [0.1, 0.15) is 36.1 Å². The predicted octanol–water partition coefficient (Wildman–Crippen LogP) is 3.89. The van der Waals surface area contributed by atoms with Crippen LogP contribution in [0, 0.1) is 24.0 Å². The first kappa shape index (κ1) is 46.5. The number of nitrogens with zero attached hydrogens (tertiary/aromatic N) is 3. The predicted molar refractivity (Wildman–Crippen MR) is 223 cm³/mol. The van der Waals surface area contributed by atoms with Crippen LogP contribution in [0.5, 0.6) is 0 Å². The summed E-state index contributed by atoms with van der Waals surface area (Å²) in [6.45, 7) is 8.29. The van der Waals surface area contributed by atoms with Crippen LogP contribution in [0.3, 0.4) is 0 Å². The zero-order valence-electron chi connectivity index (χ0n) is 34.5. The number of aliphatic hydroxyl groups is 1. The van der Waals surface area contributed by atoms with Crippen molar-refractivity contribution in [1.82, 2.24) is 30.4 Å². The fraction of sp³-hybridized carbons (Fsp3) is 0.395. The maximum Gasteiger partial charge on any atom is 0.312 e. The van der Waals surface area contributed by atoms with E-state index >= 15 is 4.39 Å². The summed E-state index contributed by atoms with van der Waals surface area (Å²) in [5, 5.41) is 20.6. The van der Waals surface area contributed by atoms with Gasteiger partial charge in [-0.1, -0.05) is 68.8 Å². The normalized spacial score (nSPS) is 13.3. The molecule has 0 saturated heterocycles. The number of halogens is 2. The average molecular weight is 832 g/mol. The second-order valence-electron chi connectivity index (χ2n) is 15.7. The van der Waals surface area contributed by atoms with Crippen molar-refractivity contribution in [3.05, 3.63) is 108 Å². The molecule has 4 atom stereocenters.